The van der Waals surface area contributed by atoms with Crippen molar-refractivity contribution in [3.8, 4) is 22.6 Å². The van der Waals surface area contributed by atoms with Gasteiger partial charge in [0.1, 0.15) is 6.61 Å². The first-order valence-corrected chi connectivity index (χ1v) is 7.90. The average molecular weight is 310 g/mol. The molecule has 5 heteroatoms. The lowest BCUT2D eigenvalue weighted by Gasteiger charge is -2.19. The SMILES string of the molecule is O=C(C1CC1)N1CCOc2c(O)cc(-c3cccnc3)cc2C1. The maximum atomic E-state index is 12.4. The number of benzene rings is 1. The van der Waals surface area contributed by atoms with E-state index in [1.54, 1.807) is 18.5 Å². The normalized spacial score (nSPS) is 17.1. The number of aromatic hydroxyl groups is 1. The highest BCUT2D eigenvalue weighted by molar-refractivity contribution is 5.81. The van der Waals surface area contributed by atoms with Gasteiger partial charge in [-0.1, -0.05) is 6.07 Å². The predicted molar refractivity (Wildman–Crippen MR) is 85.0 cm³/mol. The minimum Gasteiger partial charge on any atom is -0.504 e. The third-order valence-corrected chi connectivity index (χ3v) is 4.35. The van der Waals surface area contributed by atoms with Crippen LogP contribution < -0.4 is 4.74 Å². The molecule has 4 rings (SSSR count). The molecule has 1 N–H and O–H groups in total. The van der Waals surface area contributed by atoms with Crippen molar-refractivity contribution >= 4 is 5.91 Å². The van der Waals surface area contributed by atoms with Gasteiger partial charge in [-0.2, -0.15) is 0 Å². The predicted octanol–water partition coefficient (Wildman–Crippen LogP) is 2.59. The van der Waals surface area contributed by atoms with Crippen LogP contribution in [-0.4, -0.2) is 34.0 Å². The summed E-state index contributed by atoms with van der Waals surface area (Å²) in [6, 6.07) is 7.47. The minimum absolute atomic E-state index is 0.113. The van der Waals surface area contributed by atoms with E-state index in [-0.39, 0.29) is 17.6 Å². The lowest BCUT2D eigenvalue weighted by atomic mass is 10.0. The molecule has 1 aromatic carbocycles. The summed E-state index contributed by atoms with van der Waals surface area (Å²) in [5.74, 6) is 0.991. The fourth-order valence-corrected chi connectivity index (χ4v) is 2.98. The summed E-state index contributed by atoms with van der Waals surface area (Å²) in [5, 5.41) is 10.3. The number of carbonyl (C=O) groups excluding carboxylic acids is 1. The molecule has 118 valence electrons. The number of hydrogen-bond donors (Lipinski definition) is 1. The Hall–Kier alpha value is -2.56. The quantitative estimate of drug-likeness (QED) is 0.926. The Bertz CT molecular complexity index is 741. The Morgan fingerprint density at radius 2 is 2.17 bits per heavy atom. The van der Waals surface area contributed by atoms with Crippen LogP contribution in [0.2, 0.25) is 0 Å². The van der Waals surface area contributed by atoms with Crippen LogP contribution >= 0.6 is 0 Å². The van der Waals surface area contributed by atoms with Crippen LogP contribution in [0.4, 0.5) is 0 Å². The Balaban J connectivity index is 1.70. The van der Waals surface area contributed by atoms with E-state index >= 15 is 0 Å². The lowest BCUT2D eigenvalue weighted by Crippen LogP contribution is -2.33. The van der Waals surface area contributed by atoms with Crippen molar-refractivity contribution in [1.82, 2.24) is 9.88 Å². The van der Waals surface area contributed by atoms with E-state index in [2.05, 4.69) is 4.98 Å². The molecule has 1 aliphatic carbocycles. The van der Waals surface area contributed by atoms with Crippen LogP contribution in [0.15, 0.2) is 36.7 Å². The summed E-state index contributed by atoms with van der Waals surface area (Å²) in [6.45, 7) is 1.45. The number of ether oxygens (including phenoxy) is 1. The topological polar surface area (TPSA) is 62.7 Å². The fourth-order valence-electron chi connectivity index (χ4n) is 2.98. The van der Waals surface area contributed by atoms with Gasteiger partial charge < -0.3 is 14.7 Å². The van der Waals surface area contributed by atoms with Gasteiger partial charge in [-0.25, -0.2) is 0 Å². The number of fused-ring (bicyclic) bond motifs is 1. The van der Waals surface area contributed by atoms with Gasteiger partial charge in [0.05, 0.1) is 6.54 Å². The van der Waals surface area contributed by atoms with E-state index in [4.69, 9.17) is 4.74 Å². The van der Waals surface area contributed by atoms with E-state index in [0.717, 1.165) is 29.5 Å². The second-order valence-corrected chi connectivity index (χ2v) is 6.11. The number of rotatable bonds is 2. The molecule has 0 spiro atoms. The molecule has 0 bridgehead atoms. The molecule has 1 amide bonds. The van der Waals surface area contributed by atoms with Gasteiger partial charge in [0.15, 0.2) is 11.5 Å². The van der Waals surface area contributed by atoms with Gasteiger partial charge in [0, 0.05) is 36.0 Å². The first-order chi connectivity index (χ1) is 11.2. The largest absolute Gasteiger partial charge is 0.504 e. The molecule has 1 aliphatic heterocycles. The number of nitrogens with zero attached hydrogens (tertiary/aromatic N) is 2. The zero-order valence-electron chi connectivity index (χ0n) is 12.7. The molecule has 1 saturated carbocycles. The standard InChI is InChI=1S/C18H18N2O3/c21-16-9-14(13-2-1-5-19-10-13)8-15-11-20(6-7-23-17(15)16)18(22)12-3-4-12/h1-2,5,8-10,12,21H,3-4,6-7,11H2. The first-order valence-electron chi connectivity index (χ1n) is 7.90. The van der Waals surface area contributed by atoms with Crippen molar-refractivity contribution in [2.24, 2.45) is 5.92 Å². The van der Waals surface area contributed by atoms with Crippen molar-refractivity contribution in [2.75, 3.05) is 13.2 Å². The molecule has 0 unspecified atom stereocenters. The summed E-state index contributed by atoms with van der Waals surface area (Å²) in [4.78, 5) is 18.3. The van der Waals surface area contributed by atoms with Gasteiger partial charge in [-0.05, 0) is 36.6 Å². The highest BCUT2D eigenvalue weighted by atomic mass is 16.5. The second-order valence-electron chi connectivity index (χ2n) is 6.11. The highest BCUT2D eigenvalue weighted by Gasteiger charge is 2.34. The summed E-state index contributed by atoms with van der Waals surface area (Å²) in [7, 11) is 0. The Labute approximate surface area is 134 Å². The summed E-state index contributed by atoms with van der Waals surface area (Å²) >= 11 is 0. The Morgan fingerprint density at radius 3 is 2.91 bits per heavy atom. The number of pyridine rings is 1. The zero-order chi connectivity index (χ0) is 15.8. The van der Waals surface area contributed by atoms with Crippen molar-refractivity contribution in [3.63, 3.8) is 0 Å². The van der Waals surface area contributed by atoms with Crippen LogP contribution in [0.1, 0.15) is 18.4 Å². The highest BCUT2D eigenvalue weighted by Crippen LogP contribution is 2.38. The van der Waals surface area contributed by atoms with Gasteiger partial charge in [-0.3, -0.25) is 9.78 Å². The van der Waals surface area contributed by atoms with Crippen LogP contribution in [0.5, 0.6) is 11.5 Å². The van der Waals surface area contributed by atoms with Crippen LogP contribution in [-0.2, 0) is 11.3 Å². The first kappa shape index (κ1) is 14.1. The fraction of sp³-hybridized carbons (Fsp3) is 0.333. The number of phenolic OH excluding ortho intramolecular Hbond substituents is 1. The molecule has 2 heterocycles. The molecule has 1 fully saturated rings. The third kappa shape index (κ3) is 2.74. The summed E-state index contributed by atoms with van der Waals surface area (Å²) < 4.78 is 5.69. The summed E-state index contributed by atoms with van der Waals surface area (Å²) in [6.07, 6.45) is 5.45. The molecule has 1 aromatic heterocycles. The van der Waals surface area contributed by atoms with Crippen molar-refractivity contribution < 1.29 is 14.6 Å². The molecule has 2 aliphatic rings. The number of aromatic nitrogens is 1. The summed E-state index contributed by atoms with van der Waals surface area (Å²) in [5.41, 5.74) is 2.64. The van der Waals surface area contributed by atoms with Crippen LogP contribution in [0.25, 0.3) is 11.1 Å². The Morgan fingerprint density at radius 1 is 1.30 bits per heavy atom. The van der Waals surface area contributed by atoms with E-state index in [1.807, 2.05) is 23.1 Å². The molecule has 0 atom stereocenters. The number of hydrogen-bond acceptors (Lipinski definition) is 4. The molecular formula is C18H18N2O3. The van der Waals surface area contributed by atoms with Crippen LogP contribution in [0, 0.1) is 5.92 Å². The van der Waals surface area contributed by atoms with Gasteiger partial charge in [-0.15, -0.1) is 0 Å². The molecule has 0 radical (unpaired) electrons. The van der Waals surface area contributed by atoms with Crippen molar-refractivity contribution in [2.45, 2.75) is 19.4 Å². The zero-order valence-corrected chi connectivity index (χ0v) is 12.7. The average Bonchev–Trinajstić information content (AvgIpc) is 3.41. The maximum Gasteiger partial charge on any atom is 0.226 e. The van der Waals surface area contributed by atoms with Gasteiger partial charge in [0.2, 0.25) is 5.91 Å². The van der Waals surface area contributed by atoms with E-state index in [9.17, 15) is 9.90 Å². The number of phenols is 1. The molecular weight excluding hydrogens is 292 g/mol. The molecule has 0 saturated heterocycles. The maximum absolute atomic E-state index is 12.4. The van der Waals surface area contributed by atoms with Crippen molar-refractivity contribution in [3.05, 3.63) is 42.2 Å². The van der Waals surface area contributed by atoms with E-state index in [0.29, 0.717) is 25.4 Å². The lowest BCUT2D eigenvalue weighted by molar-refractivity contribution is -0.133. The minimum atomic E-state index is 0.113. The number of carbonyl (C=O) groups is 1. The molecule has 5 nitrogen and oxygen atoms in total. The monoisotopic (exact) mass is 310 g/mol. The molecule has 23 heavy (non-hydrogen) atoms. The molecule has 2 aromatic rings. The Kier molecular flexibility index (Phi) is 3.41. The van der Waals surface area contributed by atoms with Gasteiger partial charge in [0.25, 0.3) is 0 Å². The second kappa shape index (κ2) is 5.57. The van der Waals surface area contributed by atoms with Gasteiger partial charge >= 0.3 is 0 Å². The third-order valence-electron chi connectivity index (χ3n) is 4.35. The smallest absolute Gasteiger partial charge is 0.226 e. The van der Waals surface area contributed by atoms with E-state index in [1.165, 1.54) is 0 Å². The van der Waals surface area contributed by atoms with E-state index < -0.39 is 0 Å². The van der Waals surface area contributed by atoms with Crippen LogP contribution in [0.3, 0.4) is 0 Å². The number of amides is 1. The van der Waals surface area contributed by atoms with Crippen molar-refractivity contribution in [1.29, 1.82) is 0 Å².